The first-order chi connectivity index (χ1) is 14.9. The average Bonchev–Trinajstić information content (AvgIpc) is 2.76. The van der Waals surface area contributed by atoms with Gasteiger partial charge >= 0.3 is 0 Å². The van der Waals surface area contributed by atoms with Gasteiger partial charge < -0.3 is 15.4 Å². The summed E-state index contributed by atoms with van der Waals surface area (Å²) in [6.45, 7) is 4.42. The molecule has 0 aliphatic heterocycles. The van der Waals surface area contributed by atoms with Crippen molar-refractivity contribution in [2.75, 3.05) is 11.9 Å². The Hall–Kier alpha value is -3.38. The van der Waals surface area contributed by atoms with Crippen LogP contribution in [0.2, 0.25) is 0 Å². The highest BCUT2D eigenvalue weighted by molar-refractivity contribution is 9.10. The Morgan fingerprint density at radius 1 is 0.935 bits per heavy atom. The van der Waals surface area contributed by atoms with Crippen molar-refractivity contribution >= 4 is 39.5 Å². The summed E-state index contributed by atoms with van der Waals surface area (Å²) in [5.41, 5.74) is 3.04. The van der Waals surface area contributed by atoms with Gasteiger partial charge in [0, 0.05) is 15.7 Å². The van der Waals surface area contributed by atoms with Crippen LogP contribution in [0.15, 0.2) is 83.0 Å². The van der Waals surface area contributed by atoms with Crippen molar-refractivity contribution in [1.82, 2.24) is 5.32 Å². The molecule has 158 valence electrons. The number of halogens is 1. The third-order valence-electron chi connectivity index (χ3n) is 4.41. The smallest absolute Gasteiger partial charge is 0.272 e. The number of amides is 2. The van der Waals surface area contributed by atoms with Crippen LogP contribution in [-0.2, 0) is 4.79 Å². The molecule has 0 fully saturated rings. The third-order valence-corrected chi connectivity index (χ3v) is 4.94. The lowest BCUT2D eigenvalue weighted by atomic mass is 10.1. The number of nitrogens with one attached hydrogen (secondary N) is 2. The van der Waals surface area contributed by atoms with Crippen LogP contribution in [0.5, 0.6) is 5.75 Å². The highest BCUT2D eigenvalue weighted by atomic mass is 79.9. The van der Waals surface area contributed by atoms with E-state index in [2.05, 4.69) is 26.6 Å². The molecule has 0 aliphatic carbocycles. The minimum atomic E-state index is -0.424. The first-order valence-electron chi connectivity index (χ1n) is 9.84. The van der Waals surface area contributed by atoms with E-state index in [4.69, 9.17) is 4.74 Å². The Balaban J connectivity index is 1.83. The summed E-state index contributed by atoms with van der Waals surface area (Å²) in [6, 6.07) is 21.7. The van der Waals surface area contributed by atoms with Crippen molar-refractivity contribution < 1.29 is 14.3 Å². The van der Waals surface area contributed by atoms with Crippen molar-refractivity contribution in [3.8, 4) is 5.75 Å². The molecule has 3 aromatic rings. The van der Waals surface area contributed by atoms with Gasteiger partial charge in [-0.2, -0.15) is 0 Å². The minimum absolute atomic E-state index is 0.141. The van der Waals surface area contributed by atoms with E-state index in [0.717, 1.165) is 21.3 Å². The van der Waals surface area contributed by atoms with Gasteiger partial charge in [-0.25, -0.2) is 0 Å². The first-order valence-corrected chi connectivity index (χ1v) is 10.6. The standard InChI is InChI=1S/C25H23BrN2O3/c1-3-31-22-14-12-21(13-15-22)27-25(30)23(16-18-6-10-20(26)11-7-18)28-24(29)19-8-4-17(2)5-9-19/h4-16H,3H2,1-2H3,(H,27,30)(H,28,29). The molecule has 2 N–H and O–H groups in total. The molecule has 3 rings (SSSR count). The predicted octanol–water partition coefficient (Wildman–Crippen LogP) is 5.57. The van der Waals surface area contributed by atoms with Crippen LogP contribution < -0.4 is 15.4 Å². The molecular weight excluding hydrogens is 456 g/mol. The highest BCUT2D eigenvalue weighted by Crippen LogP contribution is 2.17. The highest BCUT2D eigenvalue weighted by Gasteiger charge is 2.15. The zero-order chi connectivity index (χ0) is 22.2. The van der Waals surface area contributed by atoms with Crippen LogP contribution in [-0.4, -0.2) is 18.4 Å². The van der Waals surface area contributed by atoms with Crippen LogP contribution in [0.3, 0.4) is 0 Å². The molecular formula is C25H23BrN2O3. The van der Waals surface area contributed by atoms with Crippen molar-refractivity contribution in [3.05, 3.63) is 99.7 Å². The van der Waals surface area contributed by atoms with Crippen LogP contribution >= 0.6 is 15.9 Å². The lowest BCUT2D eigenvalue weighted by molar-refractivity contribution is -0.113. The number of hydrogen-bond acceptors (Lipinski definition) is 3. The van der Waals surface area contributed by atoms with Gasteiger partial charge in [0.05, 0.1) is 6.61 Å². The molecule has 6 heteroatoms. The van der Waals surface area contributed by atoms with Crippen LogP contribution in [0.4, 0.5) is 5.69 Å². The second-order valence-electron chi connectivity index (χ2n) is 6.84. The minimum Gasteiger partial charge on any atom is -0.494 e. The monoisotopic (exact) mass is 478 g/mol. The van der Waals surface area contributed by atoms with Crippen molar-refractivity contribution in [1.29, 1.82) is 0 Å². The van der Waals surface area contributed by atoms with E-state index < -0.39 is 5.91 Å². The number of benzene rings is 3. The summed E-state index contributed by atoms with van der Waals surface area (Å²) in [5, 5.41) is 5.56. The zero-order valence-electron chi connectivity index (χ0n) is 17.3. The lowest BCUT2D eigenvalue weighted by Gasteiger charge is -2.12. The van der Waals surface area contributed by atoms with E-state index in [1.165, 1.54) is 0 Å². The molecule has 0 radical (unpaired) electrons. The summed E-state index contributed by atoms with van der Waals surface area (Å²) < 4.78 is 6.35. The second-order valence-corrected chi connectivity index (χ2v) is 7.76. The fourth-order valence-electron chi connectivity index (χ4n) is 2.78. The maximum absolute atomic E-state index is 13.0. The molecule has 31 heavy (non-hydrogen) atoms. The number of anilines is 1. The quantitative estimate of drug-likeness (QED) is 0.436. The van der Waals surface area contributed by atoms with Gasteiger partial charge in [-0.05, 0) is 74.0 Å². The van der Waals surface area contributed by atoms with Gasteiger partial charge in [0.1, 0.15) is 11.4 Å². The van der Waals surface area contributed by atoms with Crippen LogP contribution in [0, 0.1) is 6.92 Å². The fraction of sp³-hybridized carbons (Fsp3) is 0.120. The SMILES string of the molecule is CCOc1ccc(NC(=O)C(=Cc2ccc(Br)cc2)NC(=O)c2ccc(C)cc2)cc1. The van der Waals surface area contributed by atoms with Gasteiger partial charge in [0.25, 0.3) is 11.8 Å². The number of ether oxygens (including phenoxy) is 1. The molecule has 5 nitrogen and oxygen atoms in total. The summed E-state index contributed by atoms with van der Waals surface area (Å²) in [7, 11) is 0. The number of carbonyl (C=O) groups is 2. The summed E-state index contributed by atoms with van der Waals surface area (Å²) in [6.07, 6.45) is 1.64. The molecule has 2 amide bonds. The number of hydrogen-bond donors (Lipinski definition) is 2. The van der Waals surface area contributed by atoms with Crippen molar-refractivity contribution in [2.45, 2.75) is 13.8 Å². The summed E-state index contributed by atoms with van der Waals surface area (Å²) in [4.78, 5) is 25.7. The Morgan fingerprint density at radius 3 is 2.19 bits per heavy atom. The molecule has 0 aromatic heterocycles. The molecule has 0 saturated carbocycles. The maximum Gasteiger partial charge on any atom is 0.272 e. The Kier molecular flexibility index (Phi) is 7.62. The molecule has 3 aromatic carbocycles. The van der Waals surface area contributed by atoms with Gasteiger partial charge in [-0.15, -0.1) is 0 Å². The van der Waals surface area contributed by atoms with Gasteiger partial charge in [-0.3, -0.25) is 9.59 Å². The molecule has 0 heterocycles. The zero-order valence-corrected chi connectivity index (χ0v) is 18.9. The van der Waals surface area contributed by atoms with E-state index in [9.17, 15) is 9.59 Å². The molecule has 0 atom stereocenters. The fourth-order valence-corrected chi connectivity index (χ4v) is 3.05. The number of rotatable bonds is 7. The van der Waals surface area contributed by atoms with Gasteiger partial charge in [-0.1, -0.05) is 45.8 Å². The maximum atomic E-state index is 13.0. The third kappa shape index (κ3) is 6.55. The molecule has 0 aliphatic rings. The largest absolute Gasteiger partial charge is 0.494 e. The lowest BCUT2D eigenvalue weighted by Crippen LogP contribution is -2.30. The van der Waals surface area contributed by atoms with E-state index in [1.807, 2.05) is 50.2 Å². The van der Waals surface area contributed by atoms with Crippen LogP contribution in [0.1, 0.15) is 28.4 Å². The molecule has 0 saturated heterocycles. The predicted molar refractivity (Wildman–Crippen MR) is 127 cm³/mol. The normalized spacial score (nSPS) is 11.0. The second kappa shape index (κ2) is 10.6. The van der Waals surface area contributed by atoms with Crippen molar-refractivity contribution in [3.63, 3.8) is 0 Å². The van der Waals surface area contributed by atoms with Gasteiger partial charge in [0.15, 0.2) is 0 Å². The Morgan fingerprint density at radius 2 is 1.58 bits per heavy atom. The van der Waals surface area contributed by atoms with E-state index in [0.29, 0.717) is 17.9 Å². The summed E-state index contributed by atoms with van der Waals surface area (Å²) >= 11 is 3.40. The van der Waals surface area contributed by atoms with E-state index in [-0.39, 0.29) is 11.6 Å². The Labute approximate surface area is 190 Å². The number of aryl methyl sites for hydroxylation is 1. The van der Waals surface area contributed by atoms with E-state index >= 15 is 0 Å². The average molecular weight is 479 g/mol. The molecule has 0 spiro atoms. The van der Waals surface area contributed by atoms with Crippen LogP contribution in [0.25, 0.3) is 6.08 Å². The van der Waals surface area contributed by atoms with Crippen molar-refractivity contribution in [2.24, 2.45) is 0 Å². The van der Waals surface area contributed by atoms with Gasteiger partial charge in [0.2, 0.25) is 0 Å². The topological polar surface area (TPSA) is 67.4 Å². The number of carbonyl (C=O) groups excluding carboxylic acids is 2. The van der Waals surface area contributed by atoms with E-state index in [1.54, 1.807) is 42.5 Å². The summed E-state index contributed by atoms with van der Waals surface area (Å²) in [5.74, 6) is -0.0588. The molecule has 0 unspecified atom stereocenters. The first kappa shape index (κ1) is 22.3. The molecule has 0 bridgehead atoms. The Bertz CT molecular complexity index is 1070.